The van der Waals surface area contributed by atoms with Gasteiger partial charge in [-0.3, -0.25) is 0 Å². The largest absolute Gasteiger partial charge is 0.327 e. The number of rotatable bonds is 3. The summed E-state index contributed by atoms with van der Waals surface area (Å²) in [6.45, 7) is 2.13. The van der Waals surface area contributed by atoms with Crippen LogP contribution in [0.2, 0.25) is 0 Å². The second-order valence-corrected chi connectivity index (χ2v) is 5.37. The van der Waals surface area contributed by atoms with Crippen LogP contribution in [0.15, 0.2) is 18.2 Å². The Bertz CT molecular complexity index is 377. The Morgan fingerprint density at radius 2 is 1.76 bits per heavy atom. The van der Waals surface area contributed by atoms with Gasteiger partial charge in [0.1, 0.15) is 11.6 Å². The van der Waals surface area contributed by atoms with Gasteiger partial charge in [0.15, 0.2) is 0 Å². The lowest BCUT2D eigenvalue weighted by molar-refractivity contribution is 0.257. The Hall–Kier alpha value is -0.960. The molecule has 1 saturated carbocycles. The Balaban J connectivity index is 2.15. The summed E-state index contributed by atoms with van der Waals surface area (Å²) >= 11 is 0. The van der Waals surface area contributed by atoms with Crippen LogP contribution >= 0.6 is 0 Å². The zero-order valence-corrected chi connectivity index (χ0v) is 10.2. The molecule has 94 valence electrons. The van der Waals surface area contributed by atoms with Crippen molar-refractivity contribution in [2.75, 3.05) is 0 Å². The van der Waals surface area contributed by atoms with Crippen molar-refractivity contribution in [3.8, 4) is 0 Å². The molecule has 0 saturated heterocycles. The van der Waals surface area contributed by atoms with E-state index in [4.69, 9.17) is 5.73 Å². The average molecular weight is 239 g/mol. The van der Waals surface area contributed by atoms with Crippen LogP contribution in [0.3, 0.4) is 0 Å². The second kappa shape index (κ2) is 4.73. The standard InChI is InChI=1S/C14H19F2N/c1-14(7-2-3-8-14)13(17)9-10-11(15)5-4-6-12(10)16/h4-6,13H,2-3,7-9,17H2,1H3. The topological polar surface area (TPSA) is 26.0 Å². The van der Waals surface area contributed by atoms with Gasteiger partial charge in [0.25, 0.3) is 0 Å². The van der Waals surface area contributed by atoms with Gasteiger partial charge in [-0.05, 0) is 36.8 Å². The second-order valence-electron chi connectivity index (χ2n) is 5.37. The van der Waals surface area contributed by atoms with Crippen molar-refractivity contribution < 1.29 is 8.78 Å². The SMILES string of the molecule is CC1(C(N)Cc2c(F)cccc2F)CCCC1. The van der Waals surface area contributed by atoms with Crippen LogP contribution in [0.1, 0.15) is 38.2 Å². The summed E-state index contributed by atoms with van der Waals surface area (Å²) in [5, 5.41) is 0. The Morgan fingerprint density at radius 1 is 1.24 bits per heavy atom. The minimum absolute atomic E-state index is 0.0364. The number of halogens is 2. The van der Waals surface area contributed by atoms with Gasteiger partial charge in [0.2, 0.25) is 0 Å². The molecule has 1 unspecified atom stereocenters. The molecule has 0 spiro atoms. The molecular weight excluding hydrogens is 220 g/mol. The molecule has 1 aliphatic rings. The lowest BCUT2D eigenvalue weighted by Gasteiger charge is -2.31. The third-order valence-electron chi connectivity index (χ3n) is 4.13. The third-order valence-corrected chi connectivity index (χ3v) is 4.13. The van der Waals surface area contributed by atoms with Crippen LogP contribution in [0, 0.1) is 17.0 Å². The van der Waals surface area contributed by atoms with Crippen molar-refractivity contribution >= 4 is 0 Å². The fraction of sp³-hybridized carbons (Fsp3) is 0.571. The molecule has 1 aromatic rings. The van der Waals surface area contributed by atoms with E-state index in [1.54, 1.807) is 0 Å². The highest BCUT2D eigenvalue weighted by Gasteiger charge is 2.35. The fourth-order valence-corrected chi connectivity index (χ4v) is 2.75. The molecule has 0 radical (unpaired) electrons. The summed E-state index contributed by atoms with van der Waals surface area (Å²) in [5.41, 5.74) is 6.32. The lowest BCUT2D eigenvalue weighted by Crippen LogP contribution is -2.39. The predicted octanol–water partition coefficient (Wildman–Crippen LogP) is 3.41. The molecule has 0 bridgehead atoms. The van der Waals surface area contributed by atoms with Crippen LogP contribution in [0.25, 0.3) is 0 Å². The monoisotopic (exact) mass is 239 g/mol. The van der Waals surface area contributed by atoms with Crippen LogP contribution in [0.5, 0.6) is 0 Å². The molecule has 17 heavy (non-hydrogen) atoms. The first-order valence-electron chi connectivity index (χ1n) is 6.21. The summed E-state index contributed by atoms with van der Waals surface area (Å²) in [6.07, 6.45) is 4.75. The van der Waals surface area contributed by atoms with E-state index in [9.17, 15) is 8.78 Å². The molecule has 0 amide bonds. The first-order valence-corrected chi connectivity index (χ1v) is 6.21. The molecule has 1 aromatic carbocycles. The molecule has 0 aliphatic heterocycles. The van der Waals surface area contributed by atoms with Gasteiger partial charge in [0.05, 0.1) is 0 Å². The van der Waals surface area contributed by atoms with Gasteiger partial charge in [-0.1, -0.05) is 25.8 Å². The van der Waals surface area contributed by atoms with Crippen molar-refractivity contribution in [2.24, 2.45) is 11.1 Å². The highest BCUT2D eigenvalue weighted by molar-refractivity contribution is 5.21. The van der Waals surface area contributed by atoms with Crippen LogP contribution in [-0.4, -0.2) is 6.04 Å². The number of hydrogen-bond acceptors (Lipinski definition) is 1. The van der Waals surface area contributed by atoms with Crippen molar-refractivity contribution in [3.63, 3.8) is 0 Å². The molecule has 1 nitrogen and oxygen atoms in total. The zero-order valence-electron chi connectivity index (χ0n) is 10.2. The van der Waals surface area contributed by atoms with E-state index in [0.29, 0.717) is 0 Å². The van der Waals surface area contributed by atoms with Crippen molar-refractivity contribution in [1.29, 1.82) is 0 Å². The van der Waals surface area contributed by atoms with E-state index in [0.717, 1.165) is 12.8 Å². The van der Waals surface area contributed by atoms with Gasteiger partial charge in [-0.2, -0.15) is 0 Å². The smallest absolute Gasteiger partial charge is 0.129 e. The number of hydrogen-bond donors (Lipinski definition) is 1. The normalized spacial score (nSPS) is 20.5. The first-order chi connectivity index (χ1) is 8.03. The molecule has 2 rings (SSSR count). The summed E-state index contributed by atoms with van der Waals surface area (Å²) < 4.78 is 27.1. The predicted molar refractivity (Wildman–Crippen MR) is 64.6 cm³/mol. The minimum Gasteiger partial charge on any atom is -0.327 e. The summed E-state index contributed by atoms with van der Waals surface area (Å²) in [5.74, 6) is -0.968. The first kappa shape index (κ1) is 12.5. The van der Waals surface area contributed by atoms with E-state index >= 15 is 0 Å². The Kier molecular flexibility index (Phi) is 3.48. The Morgan fingerprint density at radius 3 is 2.29 bits per heavy atom. The molecule has 0 heterocycles. The lowest BCUT2D eigenvalue weighted by atomic mass is 9.78. The highest BCUT2D eigenvalue weighted by atomic mass is 19.1. The van der Waals surface area contributed by atoms with E-state index in [1.807, 2.05) is 0 Å². The summed E-state index contributed by atoms with van der Waals surface area (Å²) in [7, 11) is 0. The van der Waals surface area contributed by atoms with Crippen molar-refractivity contribution in [1.82, 2.24) is 0 Å². The maximum atomic E-state index is 13.5. The van der Waals surface area contributed by atoms with E-state index in [-0.39, 0.29) is 23.4 Å². The van der Waals surface area contributed by atoms with Gasteiger partial charge < -0.3 is 5.73 Å². The number of nitrogens with two attached hydrogens (primary N) is 1. The molecule has 0 aromatic heterocycles. The summed E-state index contributed by atoms with van der Waals surface area (Å²) in [6, 6.07) is 3.80. The average Bonchev–Trinajstić information content (AvgIpc) is 2.72. The molecule has 1 aliphatic carbocycles. The Labute approximate surface area is 101 Å². The van der Waals surface area contributed by atoms with Gasteiger partial charge in [0, 0.05) is 11.6 Å². The zero-order chi connectivity index (χ0) is 12.5. The van der Waals surface area contributed by atoms with Crippen LogP contribution in [0.4, 0.5) is 8.78 Å². The van der Waals surface area contributed by atoms with E-state index in [2.05, 4.69) is 6.92 Å². The van der Waals surface area contributed by atoms with E-state index in [1.165, 1.54) is 31.0 Å². The van der Waals surface area contributed by atoms with Gasteiger partial charge >= 0.3 is 0 Å². The van der Waals surface area contributed by atoms with Crippen molar-refractivity contribution in [2.45, 2.75) is 45.1 Å². The van der Waals surface area contributed by atoms with Crippen molar-refractivity contribution in [3.05, 3.63) is 35.4 Å². The molecule has 2 N–H and O–H groups in total. The van der Waals surface area contributed by atoms with Crippen LogP contribution in [-0.2, 0) is 6.42 Å². The fourth-order valence-electron chi connectivity index (χ4n) is 2.75. The molecule has 1 atom stereocenters. The van der Waals surface area contributed by atoms with Gasteiger partial charge in [-0.15, -0.1) is 0 Å². The maximum absolute atomic E-state index is 13.5. The number of benzene rings is 1. The maximum Gasteiger partial charge on any atom is 0.129 e. The van der Waals surface area contributed by atoms with Crippen LogP contribution < -0.4 is 5.73 Å². The minimum atomic E-state index is -0.484. The molecular formula is C14H19F2N. The van der Waals surface area contributed by atoms with Gasteiger partial charge in [-0.25, -0.2) is 8.78 Å². The van der Waals surface area contributed by atoms with E-state index < -0.39 is 11.6 Å². The quantitative estimate of drug-likeness (QED) is 0.859. The molecule has 1 fully saturated rings. The third kappa shape index (κ3) is 2.49. The highest BCUT2D eigenvalue weighted by Crippen LogP contribution is 2.40. The summed E-state index contributed by atoms with van der Waals surface area (Å²) in [4.78, 5) is 0. The molecule has 3 heteroatoms.